The number of carbonyl (C=O) groups excluding carboxylic acids is 2. The Hall–Kier alpha value is -1.99. The van der Waals surface area contributed by atoms with Crippen molar-refractivity contribution >= 4 is 39.4 Å². The Labute approximate surface area is 206 Å². The molecule has 4 nitrogen and oxygen atoms in total. The quantitative estimate of drug-likeness (QED) is 0.454. The molecular weight excluding hydrogens is 516 g/mol. The van der Waals surface area contributed by atoms with Gasteiger partial charge in [0.05, 0.1) is 10.5 Å². The molecule has 0 saturated carbocycles. The number of alkyl carbamates (subject to hydrolysis) is 1. The number of Topliss-reactive ketones (excluding diaryl/α,β-unsaturated/α-hetero) is 1. The monoisotopic (exact) mass is 541 g/mol. The lowest BCUT2D eigenvalue weighted by atomic mass is 9.75. The van der Waals surface area contributed by atoms with E-state index in [1.54, 1.807) is 39.0 Å². The molecule has 0 fully saturated rings. The van der Waals surface area contributed by atoms with Crippen molar-refractivity contribution in [1.82, 2.24) is 5.32 Å². The van der Waals surface area contributed by atoms with Crippen LogP contribution < -0.4 is 5.32 Å². The van der Waals surface area contributed by atoms with Crippen molar-refractivity contribution in [3.63, 3.8) is 0 Å². The molecule has 2 unspecified atom stereocenters. The van der Waals surface area contributed by atoms with Gasteiger partial charge in [-0.25, -0.2) is 13.6 Å². The van der Waals surface area contributed by atoms with E-state index in [1.807, 2.05) is 12.1 Å². The lowest BCUT2D eigenvalue weighted by Gasteiger charge is -2.34. The second-order valence-corrected chi connectivity index (χ2v) is 10.9. The summed E-state index contributed by atoms with van der Waals surface area (Å²) in [5.74, 6) is -1.33. The number of hydrogen-bond donors (Lipinski definition) is 1. The van der Waals surface area contributed by atoms with Gasteiger partial charge in [-0.1, -0.05) is 23.7 Å². The highest BCUT2D eigenvalue weighted by Gasteiger charge is 2.41. The molecule has 3 atom stereocenters. The SMILES string of the molecule is CC(C)(C)OC(=O)NC1CC(C)(F)c2cc(F)c(Br)cc2[C@H](Cc2ccc(Cl)cc2)CC1=O. The van der Waals surface area contributed by atoms with E-state index in [0.29, 0.717) is 17.0 Å². The number of ether oxygens (including phenoxy) is 1. The third kappa shape index (κ3) is 6.54. The molecule has 178 valence electrons. The van der Waals surface area contributed by atoms with Crippen molar-refractivity contribution < 1.29 is 23.1 Å². The maximum Gasteiger partial charge on any atom is 0.408 e. The summed E-state index contributed by atoms with van der Waals surface area (Å²) in [6.45, 7) is 6.40. The first-order valence-corrected chi connectivity index (χ1v) is 11.9. The molecule has 0 radical (unpaired) electrons. The van der Waals surface area contributed by atoms with Crippen LogP contribution in [-0.2, 0) is 21.6 Å². The maximum absolute atomic E-state index is 16.0. The number of fused-ring (bicyclic) bond motifs is 1. The van der Waals surface area contributed by atoms with Crippen molar-refractivity contribution in [1.29, 1.82) is 0 Å². The fourth-order valence-electron chi connectivity index (χ4n) is 4.12. The van der Waals surface area contributed by atoms with Gasteiger partial charge in [0.25, 0.3) is 0 Å². The van der Waals surface area contributed by atoms with Crippen molar-refractivity contribution in [2.45, 2.75) is 70.2 Å². The minimum atomic E-state index is -2.06. The van der Waals surface area contributed by atoms with Crippen LogP contribution in [0.15, 0.2) is 40.9 Å². The van der Waals surface area contributed by atoms with Gasteiger partial charge < -0.3 is 10.1 Å². The Morgan fingerprint density at radius 3 is 2.52 bits per heavy atom. The van der Waals surface area contributed by atoms with E-state index in [0.717, 1.165) is 5.56 Å². The van der Waals surface area contributed by atoms with E-state index in [9.17, 15) is 14.0 Å². The second-order valence-electron chi connectivity index (χ2n) is 9.65. The number of ketones is 1. The molecule has 0 heterocycles. The zero-order chi connectivity index (χ0) is 24.6. The number of amides is 1. The molecule has 0 spiro atoms. The molecule has 2 aromatic rings. The molecule has 8 heteroatoms. The number of alkyl halides is 1. The van der Waals surface area contributed by atoms with Crippen LogP contribution in [0.5, 0.6) is 0 Å². The van der Waals surface area contributed by atoms with Gasteiger partial charge in [-0.15, -0.1) is 0 Å². The first-order chi connectivity index (χ1) is 15.2. The molecule has 1 aliphatic rings. The standard InChI is InChI=1S/C25H27BrClF2NO3/c1-24(2,3)33-23(32)30-21-13-25(4,29)18-12-20(28)19(26)11-17(18)15(10-22(21)31)9-14-5-7-16(27)8-6-14/h5-8,11-12,15,21H,9-10,13H2,1-4H3,(H,30,32)/t15-,21?,25?/m1/s1. The van der Waals surface area contributed by atoms with Crippen LogP contribution in [0, 0.1) is 5.82 Å². The van der Waals surface area contributed by atoms with E-state index in [4.69, 9.17) is 16.3 Å². The number of rotatable bonds is 3. The molecule has 1 aliphatic carbocycles. The lowest BCUT2D eigenvalue weighted by molar-refractivity contribution is -0.122. The summed E-state index contributed by atoms with van der Waals surface area (Å²) in [6.07, 6.45) is -0.658. The van der Waals surface area contributed by atoms with Crippen LogP contribution >= 0.6 is 27.5 Å². The Morgan fingerprint density at radius 2 is 1.91 bits per heavy atom. The lowest BCUT2D eigenvalue weighted by Crippen LogP contribution is -2.47. The molecule has 0 bridgehead atoms. The third-order valence-electron chi connectivity index (χ3n) is 5.60. The summed E-state index contributed by atoms with van der Waals surface area (Å²) >= 11 is 9.19. The van der Waals surface area contributed by atoms with Gasteiger partial charge in [0.15, 0.2) is 5.78 Å². The van der Waals surface area contributed by atoms with E-state index in [-0.39, 0.29) is 28.7 Å². The van der Waals surface area contributed by atoms with Crippen LogP contribution in [0.4, 0.5) is 13.6 Å². The summed E-state index contributed by atoms with van der Waals surface area (Å²) < 4.78 is 36.0. The number of hydrogen-bond acceptors (Lipinski definition) is 3. The average Bonchev–Trinajstić information content (AvgIpc) is 2.68. The average molecular weight is 543 g/mol. The fourth-order valence-corrected chi connectivity index (χ4v) is 4.61. The van der Waals surface area contributed by atoms with Crippen molar-refractivity contribution in [2.24, 2.45) is 0 Å². The predicted molar refractivity (Wildman–Crippen MR) is 128 cm³/mol. The number of halogens is 4. The molecule has 0 saturated heterocycles. The number of nitrogens with one attached hydrogen (secondary N) is 1. The van der Waals surface area contributed by atoms with Gasteiger partial charge in [0, 0.05) is 17.9 Å². The molecular formula is C25H27BrClF2NO3. The first-order valence-electron chi connectivity index (χ1n) is 10.7. The van der Waals surface area contributed by atoms with Crippen LogP contribution in [0.2, 0.25) is 5.02 Å². The molecule has 3 rings (SSSR count). The van der Waals surface area contributed by atoms with Crippen molar-refractivity contribution in [3.8, 4) is 0 Å². The van der Waals surface area contributed by atoms with Gasteiger partial charge in [-0.2, -0.15) is 0 Å². The third-order valence-corrected chi connectivity index (χ3v) is 6.46. The Morgan fingerprint density at radius 1 is 1.27 bits per heavy atom. The highest BCUT2D eigenvalue weighted by atomic mass is 79.9. The van der Waals surface area contributed by atoms with Crippen LogP contribution in [0.25, 0.3) is 0 Å². The molecule has 0 aromatic heterocycles. The fraction of sp³-hybridized carbons (Fsp3) is 0.440. The van der Waals surface area contributed by atoms with E-state index < -0.39 is 35.1 Å². The summed E-state index contributed by atoms with van der Waals surface area (Å²) in [6, 6.07) is 8.79. The summed E-state index contributed by atoms with van der Waals surface area (Å²) in [7, 11) is 0. The first kappa shape index (κ1) is 25.6. The van der Waals surface area contributed by atoms with Crippen LogP contribution in [0.1, 0.15) is 63.1 Å². The highest BCUT2D eigenvalue weighted by Crippen LogP contribution is 2.43. The molecule has 1 N–H and O–H groups in total. The van der Waals surface area contributed by atoms with Gasteiger partial charge in [0.2, 0.25) is 0 Å². The number of carbonyl (C=O) groups is 2. The minimum absolute atomic E-state index is 0.0459. The highest BCUT2D eigenvalue weighted by molar-refractivity contribution is 9.10. The second kappa shape index (κ2) is 9.71. The van der Waals surface area contributed by atoms with Crippen molar-refractivity contribution in [2.75, 3.05) is 0 Å². The van der Waals surface area contributed by atoms with Crippen LogP contribution in [0.3, 0.4) is 0 Å². The van der Waals surface area contributed by atoms with E-state index in [2.05, 4.69) is 21.2 Å². The summed E-state index contributed by atoms with van der Waals surface area (Å²) in [5, 5.41) is 3.11. The largest absolute Gasteiger partial charge is 0.444 e. The molecule has 0 aliphatic heterocycles. The van der Waals surface area contributed by atoms with Crippen molar-refractivity contribution in [3.05, 3.63) is 68.4 Å². The predicted octanol–water partition coefficient (Wildman–Crippen LogP) is 7.01. The van der Waals surface area contributed by atoms with E-state index in [1.165, 1.54) is 13.0 Å². The molecule has 33 heavy (non-hydrogen) atoms. The molecule has 2 aromatic carbocycles. The zero-order valence-corrected chi connectivity index (χ0v) is 21.3. The summed E-state index contributed by atoms with van der Waals surface area (Å²) in [4.78, 5) is 25.6. The Bertz CT molecular complexity index is 1050. The van der Waals surface area contributed by atoms with Gasteiger partial charge in [0.1, 0.15) is 17.1 Å². The van der Waals surface area contributed by atoms with Gasteiger partial charge >= 0.3 is 6.09 Å². The topological polar surface area (TPSA) is 55.4 Å². The Balaban J connectivity index is 2.02. The zero-order valence-electron chi connectivity index (χ0n) is 19.0. The Kier molecular flexibility index (Phi) is 7.54. The van der Waals surface area contributed by atoms with Crippen LogP contribution in [-0.4, -0.2) is 23.5 Å². The number of benzene rings is 2. The maximum atomic E-state index is 16.0. The van der Waals surface area contributed by atoms with E-state index >= 15 is 4.39 Å². The minimum Gasteiger partial charge on any atom is -0.444 e. The van der Waals surface area contributed by atoms with Gasteiger partial charge in [-0.3, -0.25) is 4.79 Å². The van der Waals surface area contributed by atoms with Gasteiger partial charge in [-0.05, 0) is 96.9 Å². The normalized spacial score (nSPS) is 23.3. The summed E-state index contributed by atoms with van der Waals surface area (Å²) in [5.41, 5.74) is -1.20. The smallest absolute Gasteiger partial charge is 0.408 e. The molecule has 1 amide bonds.